The molecule has 0 radical (unpaired) electrons. The molecule has 0 heterocycles. The Labute approximate surface area is 117 Å². The van der Waals surface area contributed by atoms with Crippen molar-refractivity contribution in [1.29, 1.82) is 0 Å². The number of rotatable bonds is 8. The third-order valence-electron chi connectivity index (χ3n) is 3.28. The van der Waals surface area contributed by atoms with E-state index >= 15 is 0 Å². The molecule has 0 fully saturated rings. The Balaban J connectivity index is 2.77. The molecule has 0 unspecified atom stereocenters. The highest BCUT2D eigenvalue weighted by molar-refractivity contribution is 5.53. The Hall–Kier alpha value is -1.09. The van der Waals surface area contributed by atoms with Crippen LogP contribution in [0.3, 0.4) is 0 Å². The van der Waals surface area contributed by atoms with Crippen molar-refractivity contribution in [3.05, 3.63) is 29.6 Å². The third kappa shape index (κ3) is 5.19. The molecule has 19 heavy (non-hydrogen) atoms. The van der Waals surface area contributed by atoms with Crippen molar-refractivity contribution in [3.8, 4) is 0 Å². The van der Waals surface area contributed by atoms with Gasteiger partial charge in [0.1, 0.15) is 5.82 Å². The predicted molar refractivity (Wildman–Crippen MR) is 81.1 cm³/mol. The van der Waals surface area contributed by atoms with Gasteiger partial charge in [0.25, 0.3) is 0 Å². The van der Waals surface area contributed by atoms with Crippen LogP contribution in [-0.4, -0.2) is 20.1 Å². The molecule has 1 N–H and O–H groups in total. The molecular weight excluding hydrogens is 239 g/mol. The monoisotopic (exact) mass is 266 g/mol. The number of halogens is 1. The molecule has 1 rings (SSSR count). The summed E-state index contributed by atoms with van der Waals surface area (Å²) in [6.45, 7) is 9.02. The van der Waals surface area contributed by atoms with Gasteiger partial charge in [-0.05, 0) is 37.4 Å². The minimum Gasteiger partial charge on any atom is -0.374 e. The zero-order valence-corrected chi connectivity index (χ0v) is 12.7. The topological polar surface area (TPSA) is 15.3 Å². The lowest BCUT2D eigenvalue weighted by atomic mass is 10.1. The average molecular weight is 266 g/mol. The summed E-state index contributed by atoms with van der Waals surface area (Å²) >= 11 is 0. The maximum absolute atomic E-state index is 14.0. The van der Waals surface area contributed by atoms with E-state index in [0.717, 1.165) is 37.2 Å². The van der Waals surface area contributed by atoms with Crippen LogP contribution in [0.25, 0.3) is 0 Å². The Kier molecular flexibility index (Phi) is 6.85. The molecule has 0 aliphatic carbocycles. The number of hydrogen-bond donors (Lipinski definition) is 1. The van der Waals surface area contributed by atoms with Crippen molar-refractivity contribution >= 4 is 5.69 Å². The Morgan fingerprint density at radius 2 is 2.05 bits per heavy atom. The van der Waals surface area contributed by atoms with Crippen LogP contribution >= 0.6 is 0 Å². The van der Waals surface area contributed by atoms with Gasteiger partial charge in [0.05, 0.1) is 0 Å². The van der Waals surface area contributed by atoms with Crippen LogP contribution in [-0.2, 0) is 6.54 Å². The van der Waals surface area contributed by atoms with Gasteiger partial charge in [-0.25, -0.2) is 4.39 Å². The zero-order valence-electron chi connectivity index (χ0n) is 12.7. The van der Waals surface area contributed by atoms with Gasteiger partial charge in [-0.3, -0.25) is 0 Å². The van der Waals surface area contributed by atoms with Crippen molar-refractivity contribution < 1.29 is 4.39 Å². The van der Waals surface area contributed by atoms with E-state index in [1.54, 1.807) is 12.1 Å². The average Bonchev–Trinajstić information content (AvgIpc) is 2.38. The minimum atomic E-state index is -0.113. The molecule has 1 aromatic carbocycles. The number of benzene rings is 1. The van der Waals surface area contributed by atoms with Gasteiger partial charge in [0, 0.05) is 31.4 Å². The quantitative estimate of drug-likeness (QED) is 0.720. The van der Waals surface area contributed by atoms with E-state index in [9.17, 15) is 4.39 Å². The summed E-state index contributed by atoms with van der Waals surface area (Å²) in [4.78, 5) is 2.16. The molecule has 108 valence electrons. The number of anilines is 1. The molecule has 0 amide bonds. The van der Waals surface area contributed by atoms with E-state index in [-0.39, 0.29) is 5.82 Å². The highest BCUT2D eigenvalue weighted by Crippen LogP contribution is 2.23. The number of nitrogens with zero attached hydrogens (tertiary/aromatic N) is 1. The molecule has 0 aliphatic rings. The van der Waals surface area contributed by atoms with Gasteiger partial charge < -0.3 is 10.2 Å². The Bertz CT molecular complexity index is 377. The highest BCUT2D eigenvalue weighted by Gasteiger charge is 2.11. The first-order valence-corrected chi connectivity index (χ1v) is 7.25. The van der Waals surface area contributed by atoms with E-state index in [1.165, 1.54) is 0 Å². The standard InChI is InChI=1S/C16H27FN2/c1-5-10-18-12-14-15(17)7-6-8-16(14)19(4)11-9-13(2)3/h6-8,13,18H,5,9-12H2,1-4H3. The second-order valence-corrected chi connectivity index (χ2v) is 5.52. The van der Waals surface area contributed by atoms with Crippen LogP contribution in [0, 0.1) is 11.7 Å². The van der Waals surface area contributed by atoms with Crippen LogP contribution in [0.5, 0.6) is 0 Å². The maximum atomic E-state index is 14.0. The Morgan fingerprint density at radius 1 is 1.32 bits per heavy atom. The fourth-order valence-electron chi connectivity index (χ4n) is 2.04. The fraction of sp³-hybridized carbons (Fsp3) is 0.625. The molecule has 0 atom stereocenters. The molecule has 0 spiro atoms. The summed E-state index contributed by atoms with van der Waals surface area (Å²) in [7, 11) is 2.04. The van der Waals surface area contributed by atoms with Crippen molar-refractivity contribution in [2.45, 2.75) is 40.2 Å². The lowest BCUT2D eigenvalue weighted by Crippen LogP contribution is -2.24. The second kappa shape index (κ2) is 8.16. The molecule has 0 saturated carbocycles. The number of hydrogen-bond acceptors (Lipinski definition) is 2. The van der Waals surface area contributed by atoms with E-state index < -0.39 is 0 Å². The number of nitrogens with one attached hydrogen (secondary N) is 1. The fourth-order valence-corrected chi connectivity index (χ4v) is 2.04. The van der Waals surface area contributed by atoms with E-state index in [0.29, 0.717) is 12.5 Å². The van der Waals surface area contributed by atoms with Gasteiger partial charge >= 0.3 is 0 Å². The van der Waals surface area contributed by atoms with Crippen molar-refractivity contribution in [2.75, 3.05) is 25.0 Å². The van der Waals surface area contributed by atoms with Crippen LogP contribution in [0.4, 0.5) is 10.1 Å². The van der Waals surface area contributed by atoms with Gasteiger partial charge in [0.15, 0.2) is 0 Å². The van der Waals surface area contributed by atoms with Crippen molar-refractivity contribution in [2.24, 2.45) is 5.92 Å². The summed E-state index contributed by atoms with van der Waals surface area (Å²) in [5.74, 6) is 0.551. The van der Waals surface area contributed by atoms with Crippen LogP contribution in [0.15, 0.2) is 18.2 Å². The molecule has 0 saturated heterocycles. The lowest BCUT2D eigenvalue weighted by Gasteiger charge is -2.24. The van der Waals surface area contributed by atoms with Gasteiger partial charge in [0.2, 0.25) is 0 Å². The van der Waals surface area contributed by atoms with Crippen molar-refractivity contribution in [3.63, 3.8) is 0 Å². The second-order valence-electron chi connectivity index (χ2n) is 5.52. The van der Waals surface area contributed by atoms with Gasteiger partial charge in [-0.15, -0.1) is 0 Å². The predicted octanol–water partition coefficient (Wildman–Crippen LogP) is 3.81. The SMILES string of the molecule is CCCNCc1c(F)cccc1N(C)CCC(C)C. The molecule has 0 aromatic heterocycles. The van der Waals surface area contributed by atoms with Crippen LogP contribution < -0.4 is 10.2 Å². The first kappa shape index (κ1) is 16.0. The first-order chi connectivity index (χ1) is 9.06. The summed E-state index contributed by atoms with van der Waals surface area (Å²) < 4.78 is 14.0. The maximum Gasteiger partial charge on any atom is 0.129 e. The summed E-state index contributed by atoms with van der Waals surface area (Å²) in [6.07, 6.45) is 2.18. The molecule has 0 bridgehead atoms. The molecule has 3 heteroatoms. The van der Waals surface area contributed by atoms with Gasteiger partial charge in [-0.2, -0.15) is 0 Å². The summed E-state index contributed by atoms with van der Waals surface area (Å²) in [5, 5.41) is 3.29. The minimum absolute atomic E-state index is 0.113. The summed E-state index contributed by atoms with van der Waals surface area (Å²) in [5.41, 5.74) is 1.78. The van der Waals surface area contributed by atoms with E-state index in [2.05, 4.69) is 31.0 Å². The first-order valence-electron chi connectivity index (χ1n) is 7.25. The van der Waals surface area contributed by atoms with E-state index in [1.807, 2.05) is 13.1 Å². The molecule has 1 aromatic rings. The smallest absolute Gasteiger partial charge is 0.129 e. The highest BCUT2D eigenvalue weighted by atomic mass is 19.1. The van der Waals surface area contributed by atoms with Gasteiger partial charge in [-0.1, -0.05) is 26.8 Å². The van der Waals surface area contributed by atoms with Crippen molar-refractivity contribution in [1.82, 2.24) is 5.32 Å². The zero-order chi connectivity index (χ0) is 14.3. The normalized spacial score (nSPS) is 11.1. The van der Waals surface area contributed by atoms with Crippen LogP contribution in [0.1, 0.15) is 39.2 Å². The lowest BCUT2D eigenvalue weighted by molar-refractivity contribution is 0.572. The molecule has 2 nitrogen and oxygen atoms in total. The van der Waals surface area contributed by atoms with E-state index in [4.69, 9.17) is 0 Å². The molecular formula is C16H27FN2. The molecule has 0 aliphatic heterocycles. The largest absolute Gasteiger partial charge is 0.374 e. The van der Waals surface area contributed by atoms with Crippen LogP contribution in [0.2, 0.25) is 0 Å². The summed E-state index contributed by atoms with van der Waals surface area (Å²) in [6, 6.07) is 5.34. The third-order valence-corrected chi connectivity index (χ3v) is 3.28. The Morgan fingerprint density at radius 3 is 2.68 bits per heavy atom.